The molecular formula is C10H21NO2. The van der Waals surface area contributed by atoms with Crippen molar-refractivity contribution >= 4 is 0 Å². The first-order valence-corrected chi connectivity index (χ1v) is 5.10. The van der Waals surface area contributed by atoms with Gasteiger partial charge in [-0.25, -0.2) is 0 Å². The molecule has 1 aliphatic rings. The highest BCUT2D eigenvalue weighted by Crippen LogP contribution is 2.45. The summed E-state index contributed by atoms with van der Waals surface area (Å²) in [5.41, 5.74) is 0.462. The minimum Gasteiger partial charge on any atom is -0.383 e. The van der Waals surface area contributed by atoms with Crippen LogP contribution in [0.25, 0.3) is 0 Å². The molecule has 0 bridgehead atoms. The monoisotopic (exact) mass is 187 g/mol. The third kappa shape index (κ3) is 4.07. The molecule has 0 atom stereocenters. The predicted molar refractivity (Wildman–Crippen MR) is 52.9 cm³/mol. The van der Waals surface area contributed by atoms with Gasteiger partial charge in [-0.2, -0.15) is 0 Å². The van der Waals surface area contributed by atoms with E-state index in [0.29, 0.717) is 5.41 Å². The molecule has 0 aromatic heterocycles. The van der Waals surface area contributed by atoms with Gasteiger partial charge in [0.25, 0.3) is 0 Å². The normalized spacial score (nSPS) is 18.9. The lowest BCUT2D eigenvalue weighted by molar-refractivity contribution is 0.0986. The lowest BCUT2D eigenvalue weighted by Gasteiger charge is -2.15. The molecule has 0 radical (unpaired) electrons. The highest BCUT2D eigenvalue weighted by atomic mass is 16.5. The largest absolute Gasteiger partial charge is 0.383 e. The van der Waals surface area contributed by atoms with E-state index in [9.17, 15) is 0 Å². The van der Waals surface area contributed by atoms with Gasteiger partial charge in [-0.3, -0.25) is 0 Å². The average Bonchev–Trinajstić information content (AvgIpc) is 2.91. The van der Waals surface area contributed by atoms with E-state index in [2.05, 4.69) is 12.2 Å². The van der Waals surface area contributed by atoms with Crippen molar-refractivity contribution in [3.63, 3.8) is 0 Å². The van der Waals surface area contributed by atoms with E-state index < -0.39 is 0 Å². The summed E-state index contributed by atoms with van der Waals surface area (Å²) < 4.78 is 10.4. The lowest BCUT2D eigenvalue weighted by Crippen LogP contribution is -2.29. The molecule has 0 aromatic rings. The second kappa shape index (κ2) is 5.58. The zero-order chi connectivity index (χ0) is 9.57. The van der Waals surface area contributed by atoms with Crippen LogP contribution in [-0.2, 0) is 9.47 Å². The summed E-state index contributed by atoms with van der Waals surface area (Å²) in [5, 5.41) is 3.39. The molecule has 13 heavy (non-hydrogen) atoms. The van der Waals surface area contributed by atoms with Gasteiger partial charge in [0.15, 0.2) is 0 Å². The smallest absolute Gasteiger partial charge is 0.0587 e. The van der Waals surface area contributed by atoms with Crippen molar-refractivity contribution in [3.05, 3.63) is 0 Å². The zero-order valence-corrected chi connectivity index (χ0v) is 8.77. The van der Waals surface area contributed by atoms with Gasteiger partial charge < -0.3 is 14.8 Å². The SMILES string of the molecule is CCOCC1(CNCCOC)CC1. The van der Waals surface area contributed by atoms with Crippen LogP contribution in [0.5, 0.6) is 0 Å². The zero-order valence-electron chi connectivity index (χ0n) is 8.77. The first-order chi connectivity index (χ1) is 6.33. The summed E-state index contributed by atoms with van der Waals surface area (Å²) in [4.78, 5) is 0. The van der Waals surface area contributed by atoms with Gasteiger partial charge in [0.1, 0.15) is 0 Å². The standard InChI is InChI=1S/C10H21NO2/c1-3-13-9-10(4-5-10)8-11-6-7-12-2/h11H,3-9H2,1-2H3. The van der Waals surface area contributed by atoms with E-state index in [1.165, 1.54) is 12.8 Å². The van der Waals surface area contributed by atoms with Crippen molar-refractivity contribution in [2.75, 3.05) is 40.0 Å². The van der Waals surface area contributed by atoms with Gasteiger partial charge in [-0.1, -0.05) is 0 Å². The molecule has 1 fully saturated rings. The van der Waals surface area contributed by atoms with E-state index in [4.69, 9.17) is 9.47 Å². The summed E-state index contributed by atoms with van der Waals surface area (Å²) in [6, 6.07) is 0. The third-order valence-corrected chi connectivity index (χ3v) is 2.55. The van der Waals surface area contributed by atoms with Crippen molar-refractivity contribution in [2.45, 2.75) is 19.8 Å². The van der Waals surface area contributed by atoms with E-state index in [1.54, 1.807) is 7.11 Å². The molecule has 0 heterocycles. The Kier molecular flexibility index (Phi) is 4.70. The molecule has 78 valence electrons. The first-order valence-electron chi connectivity index (χ1n) is 5.10. The molecule has 0 amide bonds. The molecule has 1 rings (SSSR count). The summed E-state index contributed by atoms with van der Waals surface area (Å²) in [5.74, 6) is 0. The van der Waals surface area contributed by atoms with E-state index >= 15 is 0 Å². The van der Waals surface area contributed by atoms with Crippen LogP contribution in [0.3, 0.4) is 0 Å². The number of ether oxygens (including phenoxy) is 2. The third-order valence-electron chi connectivity index (χ3n) is 2.55. The van der Waals surface area contributed by atoms with Crippen LogP contribution in [0.15, 0.2) is 0 Å². The minimum atomic E-state index is 0.462. The van der Waals surface area contributed by atoms with Gasteiger partial charge in [0.2, 0.25) is 0 Å². The highest BCUT2D eigenvalue weighted by Gasteiger charge is 2.42. The van der Waals surface area contributed by atoms with Gasteiger partial charge in [-0.05, 0) is 19.8 Å². The fourth-order valence-electron chi connectivity index (χ4n) is 1.40. The Morgan fingerprint density at radius 3 is 2.69 bits per heavy atom. The molecule has 0 unspecified atom stereocenters. The molecule has 0 spiro atoms. The second-order valence-corrected chi connectivity index (χ2v) is 3.81. The first kappa shape index (κ1) is 11.0. The van der Waals surface area contributed by atoms with E-state index in [-0.39, 0.29) is 0 Å². The average molecular weight is 187 g/mol. The van der Waals surface area contributed by atoms with Crippen molar-refractivity contribution in [1.29, 1.82) is 0 Å². The van der Waals surface area contributed by atoms with Gasteiger partial charge in [0, 0.05) is 32.2 Å². The van der Waals surface area contributed by atoms with Crippen LogP contribution in [0, 0.1) is 5.41 Å². The Bertz CT molecular complexity index is 135. The van der Waals surface area contributed by atoms with Crippen LogP contribution in [0.1, 0.15) is 19.8 Å². The fourth-order valence-corrected chi connectivity index (χ4v) is 1.40. The summed E-state index contributed by atoms with van der Waals surface area (Å²) in [6.45, 7) is 6.63. The maximum atomic E-state index is 5.45. The maximum Gasteiger partial charge on any atom is 0.0587 e. The molecule has 3 nitrogen and oxygen atoms in total. The molecule has 1 N–H and O–H groups in total. The number of hydrogen-bond donors (Lipinski definition) is 1. The van der Waals surface area contributed by atoms with Gasteiger partial charge in [-0.15, -0.1) is 0 Å². The topological polar surface area (TPSA) is 30.5 Å². The van der Waals surface area contributed by atoms with Crippen LogP contribution in [-0.4, -0.2) is 40.0 Å². The molecule has 1 saturated carbocycles. The van der Waals surface area contributed by atoms with E-state index in [1.807, 2.05) is 0 Å². The molecule has 1 aliphatic carbocycles. The van der Waals surface area contributed by atoms with Crippen molar-refractivity contribution in [2.24, 2.45) is 5.41 Å². The van der Waals surface area contributed by atoms with Crippen LogP contribution in [0.4, 0.5) is 0 Å². The fraction of sp³-hybridized carbons (Fsp3) is 1.00. The molecule has 0 aromatic carbocycles. The molecule has 0 saturated heterocycles. The van der Waals surface area contributed by atoms with Crippen molar-refractivity contribution < 1.29 is 9.47 Å². The number of methoxy groups -OCH3 is 1. The number of rotatable bonds is 8. The van der Waals surface area contributed by atoms with Crippen molar-refractivity contribution in [3.8, 4) is 0 Å². The van der Waals surface area contributed by atoms with Crippen LogP contribution in [0.2, 0.25) is 0 Å². The quantitative estimate of drug-likeness (QED) is 0.576. The Morgan fingerprint density at radius 2 is 2.15 bits per heavy atom. The number of hydrogen-bond acceptors (Lipinski definition) is 3. The Labute approximate surface area is 80.8 Å². The molecule has 3 heteroatoms. The van der Waals surface area contributed by atoms with Gasteiger partial charge in [0.05, 0.1) is 13.2 Å². The minimum absolute atomic E-state index is 0.462. The summed E-state index contributed by atoms with van der Waals surface area (Å²) in [7, 11) is 1.73. The number of nitrogens with one attached hydrogen (secondary N) is 1. The highest BCUT2D eigenvalue weighted by molar-refractivity contribution is 4.94. The molecule has 0 aliphatic heterocycles. The maximum absolute atomic E-state index is 5.45. The second-order valence-electron chi connectivity index (χ2n) is 3.81. The van der Waals surface area contributed by atoms with Gasteiger partial charge >= 0.3 is 0 Å². The van der Waals surface area contributed by atoms with Crippen LogP contribution >= 0.6 is 0 Å². The van der Waals surface area contributed by atoms with E-state index in [0.717, 1.165) is 32.9 Å². The lowest BCUT2D eigenvalue weighted by atomic mass is 10.1. The van der Waals surface area contributed by atoms with Crippen molar-refractivity contribution in [1.82, 2.24) is 5.32 Å². The summed E-state index contributed by atoms with van der Waals surface area (Å²) >= 11 is 0. The van der Waals surface area contributed by atoms with Crippen LogP contribution < -0.4 is 5.32 Å². The predicted octanol–water partition coefficient (Wildman–Crippen LogP) is 1.04. The molecular weight excluding hydrogens is 166 g/mol. The summed E-state index contributed by atoms with van der Waals surface area (Å²) in [6.07, 6.45) is 2.62. The Morgan fingerprint density at radius 1 is 1.38 bits per heavy atom. The Hall–Kier alpha value is -0.120. The Balaban J connectivity index is 1.99.